The lowest BCUT2D eigenvalue weighted by Crippen LogP contribution is -2.36. The van der Waals surface area contributed by atoms with Crippen LogP contribution in [0, 0.1) is 0 Å². The maximum Gasteiger partial charge on any atom is 0.268 e. The molecule has 0 aliphatic carbocycles. The fraction of sp³-hybridized carbons (Fsp3) is 0.294. The Morgan fingerprint density at radius 1 is 1.04 bits per heavy atom. The SMILES string of the molecule is COc1ccccc1S(=O)(=O)N1CCCc2c(NS(C)(=O)=O)cccc21. The van der Waals surface area contributed by atoms with Crippen LogP contribution in [0.5, 0.6) is 5.75 Å². The van der Waals surface area contributed by atoms with Crippen molar-refractivity contribution in [1.29, 1.82) is 0 Å². The minimum absolute atomic E-state index is 0.0804. The molecule has 7 nitrogen and oxygen atoms in total. The second-order valence-corrected chi connectivity index (χ2v) is 9.59. The lowest BCUT2D eigenvalue weighted by Gasteiger charge is -2.32. The number of sulfonamides is 2. The van der Waals surface area contributed by atoms with E-state index >= 15 is 0 Å². The molecule has 0 saturated carbocycles. The molecule has 0 aromatic heterocycles. The van der Waals surface area contributed by atoms with Gasteiger partial charge in [-0.2, -0.15) is 0 Å². The number of fused-ring (bicyclic) bond motifs is 1. The molecule has 1 aliphatic rings. The number of benzene rings is 2. The summed E-state index contributed by atoms with van der Waals surface area (Å²) >= 11 is 0. The van der Waals surface area contributed by atoms with E-state index in [9.17, 15) is 16.8 Å². The van der Waals surface area contributed by atoms with Gasteiger partial charge in [0.15, 0.2) is 0 Å². The fourth-order valence-electron chi connectivity index (χ4n) is 3.09. The number of anilines is 2. The van der Waals surface area contributed by atoms with Crippen molar-refractivity contribution in [3.8, 4) is 5.75 Å². The van der Waals surface area contributed by atoms with Crippen LogP contribution < -0.4 is 13.8 Å². The van der Waals surface area contributed by atoms with Crippen LogP contribution in [0.15, 0.2) is 47.4 Å². The summed E-state index contributed by atoms with van der Waals surface area (Å²) in [6, 6.07) is 11.4. The van der Waals surface area contributed by atoms with Gasteiger partial charge in [-0.25, -0.2) is 16.8 Å². The molecule has 1 aliphatic heterocycles. The Morgan fingerprint density at radius 3 is 2.46 bits per heavy atom. The van der Waals surface area contributed by atoms with E-state index < -0.39 is 20.0 Å². The lowest BCUT2D eigenvalue weighted by atomic mass is 10.0. The molecule has 9 heteroatoms. The first-order valence-corrected chi connectivity index (χ1v) is 11.3. The van der Waals surface area contributed by atoms with Gasteiger partial charge in [-0.05, 0) is 37.1 Å². The van der Waals surface area contributed by atoms with Crippen LogP contribution in [-0.2, 0) is 26.5 Å². The summed E-state index contributed by atoms with van der Waals surface area (Å²) in [4.78, 5) is 0.0804. The number of hydrogen-bond donors (Lipinski definition) is 1. The summed E-state index contributed by atoms with van der Waals surface area (Å²) in [5.74, 6) is 0.269. The first-order valence-electron chi connectivity index (χ1n) is 7.99. The normalized spacial score (nSPS) is 14.6. The summed E-state index contributed by atoms with van der Waals surface area (Å²) in [5.41, 5.74) is 1.56. The van der Waals surface area contributed by atoms with Crippen LogP contribution in [-0.4, -0.2) is 36.7 Å². The van der Waals surface area contributed by atoms with E-state index in [0.717, 1.165) is 6.26 Å². The van der Waals surface area contributed by atoms with Crippen molar-refractivity contribution < 1.29 is 21.6 Å². The molecule has 3 rings (SSSR count). The highest BCUT2D eigenvalue weighted by molar-refractivity contribution is 7.93. The van der Waals surface area contributed by atoms with E-state index in [2.05, 4.69) is 4.72 Å². The van der Waals surface area contributed by atoms with Crippen LogP contribution in [0.2, 0.25) is 0 Å². The molecule has 2 aromatic carbocycles. The third kappa shape index (κ3) is 3.49. The summed E-state index contributed by atoms with van der Waals surface area (Å²) < 4.78 is 58.7. The molecule has 2 aromatic rings. The second-order valence-electron chi connectivity index (χ2n) is 6.01. The monoisotopic (exact) mass is 396 g/mol. The molecule has 0 fully saturated rings. The zero-order chi connectivity index (χ0) is 18.9. The van der Waals surface area contributed by atoms with Gasteiger partial charge < -0.3 is 4.74 Å². The molecule has 1 N–H and O–H groups in total. The summed E-state index contributed by atoms with van der Waals surface area (Å²) in [7, 11) is -5.89. The minimum atomic E-state index is -3.85. The van der Waals surface area contributed by atoms with Gasteiger partial charge in [0, 0.05) is 12.1 Å². The topological polar surface area (TPSA) is 92.8 Å². The predicted molar refractivity (Wildman–Crippen MR) is 101 cm³/mol. The fourth-order valence-corrected chi connectivity index (χ4v) is 5.37. The number of nitrogens with zero attached hydrogens (tertiary/aromatic N) is 1. The molecule has 0 radical (unpaired) electrons. The average Bonchev–Trinajstić information content (AvgIpc) is 2.60. The van der Waals surface area contributed by atoms with Crippen LogP contribution >= 0.6 is 0 Å². The van der Waals surface area contributed by atoms with Crippen LogP contribution in [0.1, 0.15) is 12.0 Å². The largest absolute Gasteiger partial charge is 0.495 e. The molecule has 26 heavy (non-hydrogen) atoms. The van der Waals surface area contributed by atoms with Crippen molar-refractivity contribution in [3.63, 3.8) is 0 Å². The maximum absolute atomic E-state index is 13.2. The van der Waals surface area contributed by atoms with Gasteiger partial charge in [-0.1, -0.05) is 18.2 Å². The van der Waals surface area contributed by atoms with Gasteiger partial charge >= 0.3 is 0 Å². The molecule has 0 atom stereocenters. The minimum Gasteiger partial charge on any atom is -0.495 e. The van der Waals surface area contributed by atoms with Crippen molar-refractivity contribution in [2.75, 3.05) is 28.9 Å². The van der Waals surface area contributed by atoms with Crippen molar-refractivity contribution in [1.82, 2.24) is 0 Å². The standard InChI is InChI=1S/C17H20N2O5S2/c1-24-16-10-3-4-11-17(16)26(22,23)19-12-6-7-13-14(18-25(2,20)21)8-5-9-15(13)19/h3-5,8-11,18H,6-7,12H2,1-2H3. The number of methoxy groups -OCH3 is 1. The summed E-state index contributed by atoms with van der Waals surface area (Å²) in [6.45, 7) is 0.315. The van der Waals surface area contributed by atoms with Crippen LogP contribution in [0.25, 0.3) is 0 Å². The highest BCUT2D eigenvalue weighted by atomic mass is 32.2. The van der Waals surface area contributed by atoms with Gasteiger partial charge in [0.25, 0.3) is 10.0 Å². The summed E-state index contributed by atoms with van der Waals surface area (Å²) in [6.07, 6.45) is 2.24. The number of ether oxygens (including phenoxy) is 1. The van der Waals surface area contributed by atoms with E-state index in [1.54, 1.807) is 36.4 Å². The molecular formula is C17H20N2O5S2. The Labute approximate surface area is 153 Å². The second kappa shape index (κ2) is 6.81. The lowest BCUT2D eigenvalue weighted by molar-refractivity contribution is 0.402. The Morgan fingerprint density at radius 2 is 1.77 bits per heavy atom. The number of para-hydroxylation sites is 1. The van der Waals surface area contributed by atoms with E-state index in [1.807, 2.05) is 0 Å². The van der Waals surface area contributed by atoms with Crippen molar-refractivity contribution >= 4 is 31.4 Å². The molecule has 1 heterocycles. The van der Waals surface area contributed by atoms with Crippen LogP contribution in [0.3, 0.4) is 0 Å². The Bertz CT molecular complexity index is 1030. The van der Waals surface area contributed by atoms with Crippen molar-refractivity contribution in [3.05, 3.63) is 48.0 Å². The smallest absolute Gasteiger partial charge is 0.268 e. The Kier molecular flexibility index (Phi) is 4.85. The third-order valence-electron chi connectivity index (χ3n) is 4.14. The molecule has 140 valence electrons. The third-order valence-corrected chi connectivity index (χ3v) is 6.58. The number of rotatable bonds is 5. The first kappa shape index (κ1) is 18.5. The first-order chi connectivity index (χ1) is 12.2. The molecule has 0 unspecified atom stereocenters. The summed E-state index contributed by atoms with van der Waals surface area (Å²) in [5, 5.41) is 0. The van der Waals surface area contributed by atoms with Crippen molar-refractivity contribution in [2.24, 2.45) is 0 Å². The van der Waals surface area contributed by atoms with Crippen LogP contribution in [0.4, 0.5) is 11.4 Å². The van der Waals surface area contributed by atoms with Gasteiger partial charge in [-0.3, -0.25) is 9.03 Å². The Balaban J connectivity index is 2.12. The van der Waals surface area contributed by atoms with Gasteiger partial charge in [-0.15, -0.1) is 0 Å². The van der Waals surface area contributed by atoms with Crippen molar-refractivity contribution in [2.45, 2.75) is 17.7 Å². The van der Waals surface area contributed by atoms with E-state index in [1.165, 1.54) is 17.5 Å². The zero-order valence-corrected chi connectivity index (χ0v) is 16.1. The van der Waals surface area contributed by atoms with Gasteiger partial charge in [0.1, 0.15) is 10.6 Å². The quantitative estimate of drug-likeness (QED) is 0.836. The molecule has 0 saturated heterocycles. The number of hydrogen-bond acceptors (Lipinski definition) is 5. The van der Waals surface area contributed by atoms with E-state index in [-0.39, 0.29) is 10.6 Å². The molecule has 0 spiro atoms. The highest BCUT2D eigenvalue weighted by Gasteiger charge is 2.32. The number of nitrogens with one attached hydrogen (secondary N) is 1. The van der Waals surface area contributed by atoms with Gasteiger partial charge in [0.2, 0.25) is 10.0 Å². The molecule has 0 bridgehead atoms. The van der Waals surface area contributed by atoms with E-state index in [4.69, 9.17) is 4.74 Å². The maximum atomic E-state index is 13.2. The molecular weight excluding hydrogens is 376 g/mol. The Hall–Kier alpha value is -2.26. The predicted octanol–water partition coefficient (Wildman–Crippen LogP) is 2.21. The average molecular weight is 396 g/mol. The zero-order valence-electron chi connectivity index (χ0n) is 14.5. The molecule has 0 amide bonds. The van der Waals surface area contributed by atoms with E-state index in [0.29, 0.717) is 36.3 Å². The van der Waals surface area contributed by atoms with Gasteiger partial charge in [0.05, 0.1) is 24.7 Å². The highest BCUT2D eigenvalue weighted by Crippen LogP contribution is 2.38.